The van der Waals surface area contributed by atoms with Crippen molar-refractivity contribution in [1.82, 2.24) is 4.90 Å². The minimum atomic E-state index is -3.54. The summed E-state index contributed by atoms with van der Waals surface area (Å²) in [6.45, 7) is 6.27. The van der Waals surface area contributed by atoms with Gasteiger partial charge in [-0.2, -0.15) is 10.5 Å². The van der Waals surface area contributed by atoms with Gasteiger partial charge in [0.05, 0.1) is 34.6 Å². The van der Waals surface area contributed by atoms with Crippen LogP contribution in [0.4, 0.5) is 0 Å². The maximum atomic E-state index is 13.5. The van der Waals surface area contributed by atoms with Gasteiger partial charge in [-0.25, -0.2) is 8.42 Å². The number of hydrogen-bond donors (Lipinski definition) is 0. The van der Waals surface area contributed by atoms with E-state index in [4.69, 9.17) is 10.5 Å². The van der Waals surface area contributed by atoms with E-state index in [9.17, 15) is 13.2 Å². The highest BCUT2D eigenvalue weighted by Gasteiger charge is 2.38. The molecule has 0 N–H and O–H groups in total. The number of nitrogens with zero attached hydrogens (tertiary/aromatic N) is 3. The molecule has 0 aromatic rings. The van der Waals surface area contributed by atoms with E-state index in [-0.39, 0.29) is 41.9 Å². The zero-order valence-corrected chi connectivity index (χ0v) is 20.5. The monoisotopic (exact) mass is 459 g/mol. The molecule has 2 atom stereocenters. The lowest BCUT2D eigenvalue weighted by atomic mass is 9.77. The highest BCUT2D eigenvalue weighted by atomic mass is 32.2. The molecule has 1 rings (SSSR count). The van der Waals surface area contributed by atoms with Crippen molar-refractivity contribution in [2.75, 3.05) is 12.3 Å². The summed E-state index contributed by atoms with van der Waals surface area (Å²) >= 11 is 0. The molecule has 176 valence electrons. The predicted octanol–water partition coefficient (Wildman–Crippen LogP) is 5.42. The third-order valence-electron chi connectivity index (χ3n) is 5.79. The predicted molar refractivity (Wildman–Crippen MR) is 128 cm³/mol. The average molecular weight is 460 g/mol. The molecule has 1 aliphatic heterocycles. The van der Waals surface area contributed by atoms with Crippen LogP contribution in [0.25, 0.3) is 0 Å². The van der Waals surface area contributed by atoms with Gasteiger partial charge < -0.3 is 4.90 Å². The topological polar surface area (TPSA) is 102 Å². The lowest BCUT2D eigenvalue weighted by Crippen LogP contribution is -2.41. The molecule has 2 unspecified atom stereocenters. The first-order chi connectivity index (χ1) is 15.3. The van der Waals surface area contributed by atoms with Crippen molar-refractivity contribution in [3.05, 3.63) is 35.4 Å². The zero-order chi connectivity index (χ0) is 24.0. The molecule has 1 amide bonds. The Kier molecular flexibility index (Phi) is 12.0. The molecule has 0 fully saturated rings. The summed E-state index contributed by atoms with van der Waals surface area (Å²) in [7, 11) is -3.54. The second-order valence-corrected chi connectivity index (χ2v) is 10.6. The lowest BCUT2D eigenvalue weighted by Gasteiger charge is -2.33. The summed E-state index contributed by atoms with van der Waals surface area (Å²) in [4.78, 5) is 15.2. The van der Waals surface area contributed by atoms with Crippen LogP contribution in [-0.2, 0) is 14.6 Å². The molecule has 32 heavy (non-hydrogen) atoms. The summed E-state index contributed by atoms with van der Waals surface area (Å²) in [5, 5.41) is 18.1. The molecule has 0 saturated carbocycles. The first kappa shape index (κ1) is 27.7. The van der Waals surface area contributed by atoms with Crippen molar-refractivity contribution in [2.24, 2.45) is 11.3 Å². The van der Waals surface area contributed by atoms with Crippen molar-refractivity contribution in [3.63, 3.8) is 0 Å². The summed E-state index contributed by atoms with van der Waals surface area (Å²) in [6.07, 6.45) is 13.8. The SMILES string of the molecule is CCCCCC(C)CS(=O)(=O)C1=CC=CN(CCC#N)C(=O)C(CCC)(CCC#N)C=C1. The highest BCUT2D eigenvalue weighted by molar-refractivity contribution is 7.95. The number of unbranched alkanes of at least 4 members (excludes halogenated alkanes) is 2. The first-order valence-corrected chi connectivity index (χ1v) is 13.3. The number of rotatable bonds is 13. The van der Waals surface area contributed by atoms with Gasteiger partial charge in [-0.1, -0.05) is 52.5 Å². The van der Waals surface area contributed by atoms with Crippen LogP contribution in [-0.4, -0.2) is 31.5 Å². The maximum absolute atomic E-state index is 13.5. The van der Waals surface area contributed by atoms with E-state index >= 15 is 0 Å². The van der Waals surface area contributed by atoms with Gasteiger partial charge in [0.25, 0.3) is 0 Å². The second kappa shape index (κ2) is 13.9. The van der Waals surface area contributed by atoms with E-state index in [2.05, 4.69) is 19.1 Å². The summed E-state index contributed by atoms with van der Waals surface area (Å²) in [5.74, 6) is -0.0891. The van der Waals surface area contributed by atoms with E-state index in [0.29, 0.717) is 19.3 Å². The molecular formula is C25H37N3O3S. The highest BCUT2D eigenvalue weighted by Crippen LogP contribution is 2.36. The van der Waals surface area contributed by atoms with Crippen molar-refractivity contribution in [2.45, 2.75) is 78.6 Å². The quantitative estimate of drug-likeness (QED) is 0.342. The Bertz CT molecular complexity index is 890. The van der Waals surface area contributed by atoms with Crippen molar-refractivity contribution >= 4 is 15.7 Å². The fourth-order valence-corrected chi connectivity index (χ4v) is 5.71. The summed E-state index contributed by atoms with van der Waals surface area (Å²) in [5.41, 5.74) is -0.976. The van der Waals surface area contributed by atoms with Crippen molar-refractivity contribution < 1.29 is 13.2 Å². The second-order valence-electron chi connectivity index (χ2n) is 8.60. The normalized spacial score (nSPS) is 20.0. The Morgan fingerprint density at radius 2 is 1.81 bits per heavy atom. The molecule has 0 aliphatic carbocycles. The number of allylic oxidation sites excluding steroid dienone is 3. The van der Waals surface area contributed by atoms with Crippen LogP contribution in [0.15, 0.2) is 35.4 Å². The maximum Gasteiger partial charge on any atom is 0.236 e. The lowest BCUT2D eigenvalue weighted by molar-refractivity contribution is -0.137. The van der Waals surface area contributed by atoms with Gasteiger partial charge in [0, 0.05) is 19.2 Å². The van der Waals surface area contributed by atoms with E-state index < -0.39 is 15.3 Å². The van der Waals surface area contributed by atoms with Crippen molar-refractivity contribution in [3.8, 4) is 12.1 Å². The smallest absolute Gasteiger partial charge is 0.236 e. The Labute approximate surface area is 194 Å². The Balaban J connectivity index is 3.35. The Morgan fingerprint density at radius 3 is 2.44 bits per heavy atom. The number of nitriles is 2. The molecule has 1 aliphatic rings. The molecule has 0 aromatic carbocycles. The fraction of sp³-hybridized carbons (Fsp3) is 0.640. The van der Waals surface area contributed by atoms with Crippen LogP contribution >= 0.6 is 0 Å². The van der Waals surface area contributed by atoms with Gasteiger partial charge in [-0.05, 0) is 43.4 Å². The first-order valence-electron chi connectivity index (χ1n) is 11.6. The molecule has 0 aromatic heterocycles. The van der Waals surface area contributed by atoms with Crippen LogP contribution in [0, 0.1) is 34.0 Å². The van der Waals surface area contributed by atoms with Crippen LogP contribution in [0.5, 0.6) is 0 Å². The number of carbonyl (C=O) groups is 1. The zero-order valence-electron chi connectivity index (χ0n) is 19.7. The average Bonchev–Trinajstić information content (AvgIpc) is 2.81. The van der Waals surface area contributed by atoms with Crippen molar-refractivity contribution in [1.29, 1.82) is 10.5 Å². The van der Waals surface area contributed by atoms with E-state index in [1.54, 1.807) is 24.4 Å². The van der Waals surface area contributed by atoms with Gasteiger partial charge >= 0.3 is 0 Å². The van der Waals surface area contributed by atoms with Crippen LogP contribution in [0.1, 0.15) is 78.6 Å². The number of sulfone groups is 1. The molecule has 1 heterocycles. The summed E-state index contributed by atoms with van der Waals surface area (Å²) < 4.78 is 26.4. The minimum Gasteiger partial charge on any atom is -0.317 e. The number of amides is 1. The van der Waals surface area contributed by atoms with Gasteiger partial charge in [0.15, 0.2) is 9.84 Å². The fourth-order valence-electron chi connectivity index (χ4n) is 4.05. The van der Waals surface area contributed by atoms with Gasteiger partial charge in [0.1, 0.15) is 0 Å². The number of carbonyl (C=O) groups excluding carboxylic acids is 1. The molecule has 0 radical (unpaired) electrons. The molecule has 7 heteroatoms. The van der Waals surface area contributed by atoms with Crippen LogP contribution in [0.3, 0.4) is 0 Å². The van der Waals surface area contributed by atoms with Gasteiger partial charge in [-0.3, -0.25) is 4.79 Å². The molecule has 0 spiro atoms. The van der Waals surface area contributed by atoms with E-state index in [1.807, 2.05) is 13.8 Å². The molecule has 0 saturated heterocycles. The number of hydrogen-bond acceptors (Lipinski definition) is 5. The molecule has 0 bridgehead atoms. The van der Waals surface area contributed by atoms with Gasteiger partial charge in [-0.15, -0.1) is 0 Å². The Hall–Kier alpha value is -2.38. The van der Waals surface area contributed by atoms with Crippen LogP contribution in [0.2, 0.25) is 0 Å². The Morgan fingerprint density at radius 1 is 1.09 bits per heavy atom. The van der Waals surface area contributed by atoms with Crippen LogP contribution < -0.4 is 0 Å². The molecule has 6 nitrogen and oxygen atoms in total. The van der Waals surface area contributed by atoms with Gasteiger partial charge in [0.2, 0.25) is 5.91 Å². The minimum absolute atomic E-state index is 0.0465. The standard InChI is InChI=1S/C25H37N3O3S/c1-4-6-7-11-22(3)21-32(30,31)23-12-8-19-28(20-10-18-27)24(29)25(14-5-2,16-13-23)15-9-17-26/h8,12-13,16,19,22H,4-7,9-11,14-15,20-21H2,1-3H3. The van der Waals surface area contributed by atoms with E-state index in [0.717, 1.165) is 25.7 Å². The largest absolute Gasteiger partial charge is 0.317 e. The summed E-state index contributed by atoms with van der Waals surface area (Å²) in [6, 6.07) is 4.17. The van der Waals surface area contributed by atoms with E-state index in [1.165, 1.54) is 11.0 Å². The third kappa shape index (κ3) is 8.28. The molecular weight excluding hydrogens is 422 g/mol. The third-order valence-corrected chi connectivity index (χ3v) is 7.79.